The Bertz CT molecular complexity index is 557. The Balaban J connectivity index is 1.77. The van der Waals surface area contributed by atoms with Gasteiger partial charge in [0.2, 0.25) is 0 Å². The van der Waals surface area contributed by atoms with Gasteiger partial charge >= 0.3 is 0 Å². The molecular formula is C16H20O2S2. The van der Waals surface area contributed by atoms with Crippen LogP contribution in [0.4, 0.5) is 0 Å². The number of aryl methyl sites for hydroxylation is 1. The Morgan fingerprint density at radius 3 is 2.85 bits per heavy atom. The van der Waals surface area contributed by atoms with E-state index in [1.807, 2.05) is 11.3 Å². The van der Waals surface area contributed by atoms with Crippen molar-refractivity contribution < 1.29 is 9.47 Å². The third-order valence-corrected chi connectivity index (χ3v) is 5.61. The lowest BCUT2D eigenvalue weighted by Crippen LogP contribution is -2.14. The molecule has 0 aromatic carbocycles. The maximum atomic E-state index is 5.81. The molecule has 4 heteroatoms. The molecule has 2 aromatic heterocycles. The first-order chi connectivity index (χ1) is 9.90. The van der Waals surface area contributed by atoms with Gasteiger partial charge in [0.25, 0.3) is 0 Å². The largest absolute Gasteiger partial charge is 0.485 e. The Morgan fingerprint density at radius 2 is 1.95 bits per heavy atom. The van der Waals surface area contributed by atoms with Crippen molar-refractivity contribution in [2.45, 2.75) is 39.0 Å². The van der Waals surface area contributed by atoms with Gasteiger partial charge in [0.1, 0.15) is 13.2 Å². The van der Waals surface area contributed by atoms with E-state index in [9.17, 15) is 0 Å². The predicted octanol–water partition coefficient (Wildman–Crippen LogP) is 5.37. The first kappa shape index (κ1) is 14.0. The van der Waals surface area contributed by atoms with Crippen molar-refractivity contribution in [3.63, 3.8) is 0 Å². The van der Waals surface area contributed by atoms with Gasteiger partial charge in [0.05, 0.1) is 9.75 Å². The quantitative estimate of drug-likeness (QED) is 0.668. The smallest absolute Gasteiger partial charge is 0.180 e. The van der Waals surface area contributed by atoms with E-state index in [0.717, 1.165) is 11.5 Å². The van der Waals surface area contributed by atoms with Crippen LogP contribution in [0, 0.1) is 0 Å². The van der Waals surface area contributed by atoms with Crippen molar-refractivity contribution in [1.29, 1.82) is 0 Å². The van der Waals surface area contributed by atoms with E-state index < -0.39 is 0 Å². The van der Waals surface area contributed by atoms with Crippen LogP contribution in [0.15, 0.2) is 16.8 Å². The molecule has 0 bridgehead atoms. The van der Waals surface area contributed by atoms with Crippen molar-refractivity contribution in [2.75, 3.05) is 13.2 Å². The van der Waals surface area contributed by atoms with Gasteiger partial charge in [-0.1, -0.05) is 26.2 Å². The molecule has 0 spiro atoms. The van der Waals surface area contributed by atoms with E-state index in [-0.39, 0.29) is 0 Å². The molecule has 0 atom stereocenters. The Morgan fingerprint density at radius 1 is 1.05 bits per heavy atom. The topological polar surface area (TPSA) is 18.5 Å². The van der Waals surface area contributed by atoms with E-state index in [0.29, 0.717) is 13.2 Å². The fourth-order valence-corrected chi connectivity index (χ4v) is 4.58. The van der Waals surface area contributed by atoms with Crippen LogP contribution in [-0.4, -0.2) is 13.2 Å². The van der Waals surface area contributed by atoms with Gasteiger partial charge in [0, 0.05) is 5.38 Å². The molecule has 0 aliphatic carbocycles. The maximum Gasteiger partial charge on any atom is 0.180 e. The normalized spacial score (nSPS) is 13.7. The highest BCUT2D eigenvalue weighted by Gasteiger charge is 2.22. The molecule has 108 valence electrons. The van der Waals surface area contributed by atoms with Gasteiger partial charge in [-0.25, -0.2) is 0 Å². The summed E-state index contributed by atoms with van der Waals surface area (Å²) in [6.07, 6.45) is 6.41. The molecule has 2 aromatic rings. The van der Waals surface area contributed by atoms with Crippen LogP contribution in [0.25, 0.3) is 9.75 Å². The number of unbranched alkanes of at least 4 members (excludes halogenated alkanes) is 3. The number of hydrogen-bond acceptors (Lipinski definition) is 4. The average molecular weight is 308 g/mol. The van der Waals surface area contributed by atoms with Crippen molar-refractivity contribution >= 4 is 22.7 Å². The third-order valence-electron chi connectivity index (χ3n) is 3.55. The molecule has 0 amide bonds. The molecule has 0 unspecified atom stereocenters. The molecule has 1 aliphatic heterocycles. The molecule has 0 saturated carbocycles. The van der Waals surface area contributed by atoms with Crippen LogP contribution in [0.2, 0.25) is 0 Å². The van der Waals surface area contributed by atoms with Crippen molar-refractivity contribution in [3.8, 4) is 21.3 Å². The molecule has 2 nitrogen and oxygen atoms in total. The zero-order valence-electron chi connectivity index (χ0n) is 11.8. The Labute approximate surface area is 128 Å². The fraction of sp³-hybridized carbons (Fsp3) is 0.500. The van der Waals surface area contributed by atoms with E-state index in [4.69, 9.17) is 9.47 Å². The predicted molar refractivity (Wildman–Crippen MR) is 86.5 cm³/mol. The number of fused-ring (bicyclic) bond motifs is 1. The molecule has 0 N–H and O–H groups in total. The van der Waals surface area contributed by atoms with Gasteiger partial charge in [-0.15, -0.1) is 22.7 Å². The van der Waals surface area contributed by atoms with Crippen LogP contribution in [0.1, 0.15) is 38.2 Å². The first-order valence-corrected chi connectivity index (χ1v) is 9.10. The molecule has 3 heterocycles. The van der Waals surface area contributed by atoms with Crippen molar-refractivity contribution in [2.24, 2.45) is 0 Å². The minimum Gasteiger partial charge on any atom is -0.485 e. The Hall–Kier alpha value is -1.00. The van der Waals surface area contributed by atoms with Gasteiger partial charge in [0.15, 0.2) is 11.5 Å². The fourth-order valence-electron chi connectivity index (χ4n) is 2.49. The molecule has 0 radical (unpaired) electrons. The van der Waals surface area contributed by atoms with E-state index in [1.165, 1.54) is 47.4 Å². The maximum absolute atomic E-state index is 5.81. The lowest BCUT2D eigenvalue weighted by molar-refractivity contribution is 0.174. The number of hydrogen-bond donors (Lipinski definition) is 0. The lowest BCUT2D eigenvalue weighted by atomic mass is 10.1. The number of rotatable bonds is 6. The summed E-state index contributed by atoms with van der Waals surface area (Å²) in [6.45, 7) is 3.58. The van der Waals surface area contributed by atoms with Crippen molar-refractivity contribution in [1.82, 2.24) is 0 Å². The Kier molecular flexibility index (Phi) is 4.63. The summed E-state index contributed by atoms with van der Waals surface area (Å²) in [4.78, 5) is 2.62. The van der Waals surface area contributed by atoms with Gasteiger partial charge in [-0.3, -0.25) is 0 Å². The number of thiophene rings is 2. The van der Waals surface area contributed by atoms with Gasteiger partial charge < -0.3 is 9.47 Å². The second-order valence-electron chi connectivity index (χ2n) is 5.04. The molecule has 0 fully saturated rings. The number of ether oxygens (including phenoxy) is 2. The standard InChI is InChI=1S/C16H20O2S2/c1-2-3-4-5-6-12-7-10-19-15(12)16-14-13(11-20-16)17-8-9-18-14/h7,10-11H,2-6,8-9H2,1H3. The summed E-state index contributed by atoms with van der Waals surface area (Å²) in [5.74, 6) is 1.88. The minimum atomic E-state index is 0.661. The molecular weight excluding hydrogens is 288 g/mol. The third kappa shape index (κ3) is 2.86. The second-order valence-corrected chi connectivity index (χ2v) is 6.84. The van der Waals surface area contributed by atoms with Crippen molar-refractivity contribution in [3.05, 3.63) is 22.4 Å². The monoisotopic (exact) mass is 308 g/mol. The highest BCUT2D eigenvalue weighted by molar-refractivity contribution is 7.21. The zero-order chi connectivity index (χ0) is 13.8. The summed E-state index contributed by atoms with van der Waals surface area (Å²) in [6, 6.07) is 2.27. The molecule has 3 rings (SSSR count). The summed E-state index contributed by atoms with van der Waals surface area (Å²) in [5, 5.41) is 4.27. The van der Waals surface area contributed by atoms with Crippen LogP contribution in [0.5, 0.6) is 11.5 Å². The summed E-state index contributed by atoms with van der Waals surface area (Å²) >= 11 is 3.56. The minimum absolute atomic E-state index is 0.661. The summed E-state index contributed by atoms with van der Waals surface area (Å²) < 4.78 is 11.5. The molecule has 0 saturated heterocycles. The van der Waals surface area contributed by atoms with E-state index in [2.05, 4.69) is 23.8 Å². The average Bonchev–Trinajstić information content (AvgIpc) is 3.09. The zero-order valence-corrected chi connectivity index (χ0v) is 13.4. The van der Waals surface area contributed by atoms with Gasteiger partial charge in [-0.05, 0) is 29.9 Å². The first-order valence-electron chi connectivity index (χ1n) is 7.34. The van der Waals surface area contributed by atoms with Crippen LogP contribution >= 0.6 is 22.7 Å². The van der Waals surface area contributed by atoms with Gasteiger partial charge in [-0.2, -0.15) is 0 Å². The van der Waals surface area contributed by atoms with Crippen LogP contribution in [0.3, 0.4) is 0 Å². The van der Waals surface area contributed by atoms with E-state index >= 15 is 0 Å². The lowest BCUT2D eigenvalue weighted by Gasteiger charge is -2.16. The molecule has 1 aliphatic rings. The van der Waals surface area contributed by atoms with E-state index in [1.54, 1.807) is 11.3 Å². The summed E-state index contributed by atoms with van der Waals surface area (Å²) in [7, 11) is 0. The highest BCUT2D eigenvalue weighted by atomic mass is 32.1. The van der Waals surface area contributed by atoms with Crippen LogP contribution < -0.4 is 9.47 Å². The summed E-state index contributed by atoms with van der Waals surface area (Å²) in [5.41, 5.74) is 1.46. The molecule has 20 heavy (non-hydrogen) atoms. The second kappa shape index (κ2) is 6.64. The SMILES string of the molecule is CCCCCCc1ccsc1-c1scc2c1OCCO2. The van der Waals surface area contributed by atoms with Crippen LogP contribution in [-0.2, 0) is 6.42 Å². The highest BCUT2D eigenvalue weighted by Crippen LogP contribution is 2.48.